The molecule has 35 heavy (non-hydrogen) atoms. The lowest BCUT2D eigenvalue weighted by Crippen LogP contribution is -2.46. The van der Waals surface area contributed by atoms with E-state index in [2.05, 4.69) is 0 Å². The van der Waals surface area contributed by atoms with Crippen LogP contribution in [0, 0.1) is 17.8 Å². The van der Waals surface area contributed by atoms with Crippen molar-refractivity contribution in [1.82, 2.24) is 4.90 Å². The third-order valence-corrected chi connectivity index (χ3v) is 7.79. The van der Waals surface area contributed by atoms with Crippen LogP contribution in [0.2, 0.25) is 0 Å². The smallest absolute Gasteiger partial charge is 0.234 e. The number of aromatic hydroxyl groups is 1. The molecule has 0 saturated carbocycles. The number of benzene rings is 1. The number of likely N-dealkylation sites (tertiary alicyclic amines) is 1. The van der Waals surface area contributed by atoms with Crippen LogP contribution in [-0.2, 0) is 19.2 Å². The van der Waals surface area contributed by atoms with Crippen molar-refractivity contribution in [3.8, 4) is 11.5 Å². The van der Waals surface area contributed by atoms with Gasteiger partial charge in [0.1, 0.15) is 11.5 Å². The highest BCUT2D eigenvalue weighted by Crippen LogP contribution is 2.57. The number of amides is 2. The molecular weight excluding hydrogens is 446 g/mol. The summed E-state index contributed by atoms with van der Waals surface area (Å²) in [6.45, 7) is 7.12. The maximum atomic E-state index is 13.7. The number of carbonyl (C=O) groups excluding carboxylic acids is 4. The molecular formula is C28H29NO6. The number of ether oxygens (including phenoxy) is 1. The number of carbonyl (C=O) groups is 4. The standard InChI is InChI=1S/C28H29NO6/c1-13-11-19(31)17-12-16-14(9-10-15-21(16)27(34)29(26(15)33)28(2,3)4)22(23(17)25(13)32)24-18(30)7-6-8-20(24)35-5/h6-9,11,15-16,21-22,30H,10,12H2,1-5H3/t15-,16+,21-,22-/m0/s1. The van der Waals surface area contributed by atoms with E-state index in [0.717, 1.165) is 5.57 Å². The largest absolute Gasteiger partial charge is 0.507 e. The normalized spacial score (nSPS) is 28.4. The van der Waals surface area contributed by atoms with E-state index in [1.165, 1.54) is 24.2 Å². The molecule has 0 aromatic heterocycles. The minimum absolute atomic E-state index is 0.0533. The number of hydrogen-bond acceptors (Lipinski definition) is 6. The van der Waals surface area contributed by atoms with Crippen LogP contribution >= 0.6 is 0 Å². The molecule has 4 atom stereocenters. The number of imide groups is 1. The third-order valence-electron chi connectivity index (χ3n) is 7.79. The number of phenols is 1. The number of allylic oxidation sites excluding steroid dienone is 6. The summed E-state index contributed by atoms with van der Waals surface area (Å²) < 4.78 is 5.56. The van der Waals surface area contributed by atoms with Gasteiger partial charge in [0, 0.05) is 33.7 Å². The van der Waals surface area contributed by atoms with Gasteiger partial charge in [-0.05, 0) is 64.7 Å². The van der Waals surface area contributed by atoms with E-state index >= 15 is 0 Å². The minimum Gasteiger partial charge on any atom is -0.507 e. The Balaban J connectivity index is 1.73. The van der Waals surface area contributed by atoms with Gasteiger partial charge in [0.15, 0.2) is 11.6 Å². The number of Topliss-reactive ketones (excluding diaryl/α,β-unsaturated/α-hetero) is 1. The second-order valence-electron chi connectivity index (χ2n) is 10.8. The molecule has 7 heteroatoms. The van der Waals surface area contributed by atoms with Crippen molar-refractivity contribution in [3.05, 3.63) is 58.2 Å². The van der Waals surface area contributed by atoms with E-state index in [4.69, 9.17) is 4.74 Å². The molecule has 0 bridgehead atoms. The molecule has 3 aliphatic carbocycles. The van der Waals surface area contributed by atoms with Gasteiger partial charge in [0.25, 0.3) is 0 Å². The van der Waals surface area contributed by atoms with Gasteiger partial charge in [-0.2, -0.15) is 0 Å². The molecule has 1 aliphatic heterocycles. The fraction of sp³-hybridized carbons (Fsp3) is 0.429. The highest BCUT2D eigenvalue weighted by Gasteiger charge is 2.58. The van der Waals surface area contributed by atoms with Gasteiger partial charge in [-0.15, -0.1) is 0 Å². The molecule has 7 nitrogen and oxygen atoms in total. The Morgan fingerprint density at radius 3 is 2.43 bits per heavy atom. The average Bonchev–Trinajstić information content (AvgIpc) is 3.06. The number of hydrogen-bond donors (Lipinski definition) is 1. The van der Waals surface area contributed by atoms with Gasteiger partial charge in [-0.3, -0.25) is 24.1 Å². The summed E-state index contributed by atoms with van der Waals surface area (Å²) in [5, 5.41) is 10.9. The first kappa shape index (κ1) is 23.3. The second kappa shape index (κ2) is 7.77. The first-order chi connectivity index (χ1) is 16.5. The fourth-order valence-electron chi connectivity index (χ4n) is 6.35. The van der Waals surface area contributed by atoms with Gasteiger partial charge in [0.2, 0.25) is 11.8 Å². The predicted octanol–water partition coefficient (Wildman–Crippen LogP) is 3.63. The fourth-order valence-corrected chi connectivity index (χ4v) is 6.35. The summed E-state index contributed by atoms with van der Waals surface area (Å²) in [5.41, 5.74) is 1.55. The van der Waals surface area contributed by atoms with Crippen molar-refractivity contribution in [3.63, 3.8) is 0 Å². The van der Waals surface area contributed by atoms with Crippen LogP contribution in [0.25, 0.3) is 0 Å². The molecule has 0 radical (unpaired) electrons. The predicted molar refractivity (Wildman–Crippen MR) is 128 cm³/mol. The summed E-state index contributed by atoms with van der Waals surface area (Å²) in [5.74, 6) is -2.91. The van der Waals surface area contributed by atoms with Crippen LogP contribution in [0.4, 0.5) is 0 Å². The van der Waals surface area contributed by atoms with Crippen LogP contribution in [0.3, 0.4) is 0 Å². The zero-order chi connectivity index (χ0) is 25.4. The van der Waals surface area contributed by atoms with Crippen molar-refractivity contribution < 1.29 is 29.0 Å². The summed E-state index contributed by atoms with van der Waals surface area (Å²) in [6, 6.07) is 4.88. The van der Waals surface area contributed by atoms with Gasteiger partial charge >= 0.3 is 0 Å². The van der Waals surface area contributed by atoms with Gasteiger partial charge in [0.05, 0.1) is 18.9 Å². The van der Waals surface area contributed by atoms with Crippen molar-refractivity contribution in [1.29, 1.82) is 0 Å². The average molecular weight is 476 g/mol. The van der Waals surface area contributed by atoms with Gasteiger partial charge in [-0.1, -0.05) is 17.7 Å². The molecule has 5 rings (SSSR count). The SMILES string of the molecule is COc1cccc(O)c1[C@H]1C2=CC[C@@H]3C(=O)N(C(C)(C)C)C(=O)[C@@H]3[C@@H]2CC2=C1C(=O)C(C)=CC2=O. The number of phenolic OH excluding ortho intramolecular Hbond substituents is 1. The van der Waals surface area contributed by atoms with E-state index < -0.39 is 29.2 Å². The lowest BCUT2D eigenvalue weighted by molar-refractivity contribution is -0.145. The van der Waals surface area contributed by atoms with Crippen molar-refractivity contribution in [2.24, 2.45) is 17.8 Å². The van der Waals surface area contributed by atoms with Crippen molar-refractivity contribution in [2.45, 2.75) is 52.0 Å². The summed E-state index contributed by atoms with van der Waals surface area (Å²) in [4.78, 5) is 54.9. The van der Waals surface area contributed by atoms with E-state index in [9.17, 15) is 24.3 Å². The molecule has 1 aromatic carbocycles. The topological polar surface area (TPSA) is 101 Å². The van der Waals surface area contributed by atoms with Crippen LogP contribution < -0.4 is 4.74 Å². The Labute approximate surface area is 204 Å². The molecule has 2 amide bonds. The second-order valence-corrected chi connectivity index (χ2v) is 10.8. The van der Waals surface area contributed by atoms with E-state index in [0.29, 0.717) is 34.5 Å². The zero-order valence-electron chi connectivity index (χ0n) is 20.5. The molecule has 0 unspecified atom stereocenters. The Morgan fingerprint density at radius 2 is 1.77 bits per heavy atom. The zero-order valence-corrected chi connectivity index (χ0v) is 20.5. The molecule has 182 valence electrons. The number of fused-ring (bicyclic) bond motifs is 3. The van der Waals surface area contributed by atoms with Gasteiger partial charge in [-0.25, -0.2) is 0 Å². The maximum Gasteiger partial charge on any atom is 0.234 e. The van der Waals surface area contributed by atoms with E-state index in [1.807, 2.05) is 26.8 Å². The monoisotopic (exact) mass is 475 g/mol. The Hall–Kier alpha value is -3.48. The quantitative estimate of drug-likeness (QED) is 0.398. The highest BCUT2D eigenvalue weighted by atomic mass is 16.5. The summed E-state index contributed by atoms with van der Waals surface area (Å²) in [7, 11) is 1.48. The first-order valence-electron chi connectivity index (χ1n) is 11.9. The van der Waals surface area contributed by atoms with Crippen molar-refractivity contribution >= 4 is 23.4 Å². The summed E-state index contributed by atoms with van der Waals surface area (Å²) in [6.07, 6.45) is 3.85. The number of methoxy groups -OCH3 is 1. The lowest BCUT2D eigenvalue weighted by atomic mass is 9.59. The molecule has 0 spiro atoms. The number of rotatable bonds is 2. The summed E-state index contributed by atoms with van der Waals surface area (Å²) >= 11 is 0. The molecule has 4 aliphatic rings. The Kier molecular flexibility index (Phi) is 5.16. The minimum atomic E-state index is -0.743. The Morgan fingerprint density at radius 1 is 1.06 bits per heavy atom. The van der Waals surface area contributed by atoms with Crippen LogP contribution in [0.1, 0.15) is 52.0 Å². The van der Waals surface area contributed by atoms with Crippen LogP contribution in [0.15, 0.2) is 52.6 Å². The lowest BCUT2D eigenvalue weighted by Gasteiger charge is -2.42. The molecule has 1 heterocycles. The van der Waals surface area contributed by atoms with E-state index in [1.54, 1.807) is 19.1 Å². The number of ketones is 2. The first-order valence-corrected chi connectivity index (χ1v) is 11.9. The van der Waals surface area contributed by atoms with Crippen LogP contribution in [-0.4, -0.2) is 46.0 Å². The number of nitrogens with zero attached hydrogens (tertiary/aromatic N) is 1. The Bertz CT molecular complexity index is 1290. The van der Waals surface area contributed by atoms with Gasteiger partial charge < -0.3 is 9.84 Å². The third kappa shape index (κ3) is 3.24. The molecule has 1 aromatic rings. The highest BCUT2D eigenvalue weighted by molar-refractivity contribution is 6.24. The molecule has 1 saturated heterocycles. The van der Waals surface area contributed by atoms with Crippen LogP contribution in [0.5, 0.6) is 11.5 Å². The molecule has 1 N–H and O–H groups in total. The van der Waals surface area contributed by atoms with Crippen molar-refractivity contribution in [2.75, 3.05) is 7.11 Å². The van der Waals surface area contributed by atoms with E-state index in [-0.39, 0.29) is 35.6 Å². The maximum absolute atomic E-state index is 13.7. The molecule has 1 fully saturated rings.